The minimum atomic E-state index is -0.384. The number of halogens is 1. The average Bonchev–Trinajstić information content (AvgIpc) is 2.70. The molecule has 1 aromatic heterocycles. The second kappa shape index (κ2) is 6.03. The Kier molecular flexibility index (Phi) is 4.39. The van der Waals surface area contributed by atoms with Crippen LogP contribution in [0.4, 0.5) is 4.79 Å². The van der Waals surface area contributed by atoms with Gasteiger partial charge in [0, 0.05) is 25.5 Å². The Morgan fingerprint density at radius 2 is 2.32 bits per heavy atom. The standard InChI is InChI=1S/C11H10ClN3O3S/c12-8-1-2-13-5-7(8)10(17)14-3-4-15-9(16)6-19-11(15)18/h1-2,5H,3-4,6H2,(H,14,17). The van der Waals surface area contributed by atoms with E-state index in [1.165, 1.54) is 18.5 Å². The summed E-state index contributed by atoms with van der Waals surface area (Å²) in [5.41, 5.74) is 0.262. The molecule has 0 aliphatic carbocycles. The van der Waals surface area contributed by atoms with Crippen molar-refractivity contribution in [1.29, 1.82) is 0 Å². The molecular formula is C11H10ClN3O3S. The van der Waals surface area contributed by atoms with Crippen LogP contribution in [0.2, 0.25) is 5.02 Å². The molecule has 0 bridgehead atoms. The highest BCUT2D eigenvalue weighted by atomic mass is 35.5. The number of nitrogens with one attached hydrogen (secondary N) is 1. The van der Waals surface area contributed by atoms with Gasteiger partial charge < -0.3 is 5.32 Å². The van der Waals surface area contributed by atoms with Gasteiger partial charge in [0.15, 0.2) is 0 Å². The van der Waals surface area contributed by atoms with Crippen LogP contribution in [0.3, 0.4) is 0 Å². The fourth-order valence-corrected chi connectivity index (χ4v) is 2.46. The Hall–Kier alpha value is -1.60. The van der Waals surface area contributed by atoms with Crippen molar-refractivity contribution in [3.63, 3.8) is 0 Å². The molecule has 1 aliphatic rings. The zero-order valence-corrected chi connectivity index (χ0v) is 11.3. The number of amides is 3. The minimum Gasteiger partial charge on any atom is -0.350 e. The van der Waals surface area contributed by atoms with Crippen molar-refractivity contribution in [2.24, 2.45) is 0 Å². The van der Waals surface area contributed by atoms with Gasteiger partial charge in [0.05, 0.1) is 16.3 Å². The molecule has 1 aliphatic heterocycles. The van der Waals surface area contributed by atoms with E-state index < -0.39 is 0 Å². The van der Waals surface area contributed by atoms with Crippen molar-refractivity contribution in [3.8, 4) is 0 Å². The van der Waals surface area contributed by atoms with Crippen LogP contribution in [-0.2, 0) is 4.79 Å². The predicted octanol–water partition coefficient (Wildman–Crippen LogP) is 1.16. The lowest BCUT2D eigenvalue weighted by atomic mass is 10.2. The number of aromatic nitrogens is 1. The Balaban J connectivity index is 1.86. The molecule has 6 nitrogen and oxygen atoms in total. The van der Waals surface area contributed by atoms with Crippen molar-refractivity contribution in [1.82, 2.24) is 15.2 Å². The molecule has 0 aromatic carbocycles. The highest BCUT2D eigenvalue weighted by molar-refractivity contribution is 8.14. The third-order valence-electron chi connectivity index (χ3n) is 2.47. The largest absolute Gasteiger partial charge is 0.350 e. The molecule has 1 N–H and O–H groups in total. The van der Waals surface area contributed by atoms with Crippen LogP contribution in [-0.4, -0.2) is 45.8 Å². The summed E-state index contributed by atoms with van der Waals surface area (Å²) in [7, 11) is 0. The van der Waals surface area contributed by atoms with Gasteiger partial charge in [0.2, 0.25) is 5.91 Å². The van der Waals surface area contributed by atoms with E-state index in [1.807, 2.05) is 0 Å². The molecule has 2 heterocycles. The Morgan fingerprint density at radius 1 is 1.53 bits per heavy atom. The molecule has 0 unspecified atom stereocenters. The van der Waals surface area contributed by atoms with Gasteiger partial charge in [0.1, 0.15) is 0 Å². The van der Waals surface area contributed by atoms with Crippen LogP contribution >= 0.6 is 23.4 Å². The molecule has 19 heavy (non-hydrogen) atoms. The predicted molar refractivity (Wildman–Crippen MR) is 71.1 cm³/mol. The molecule has 1 aromatic rings. The van der Waals surface area contributed by atoms with Gasteiger partial charge in [-0.05, 0) is 6.07 Å². The molecule has 1 fully saturated rings. The van der Waals surface area contributed by atoms with E-state index >= 15 is 0 Å². The molecule has 0 saturated carbocycles. The number of rotatable bonds is 4. The SMILES string of the molecule is O=C(NCCN1C(=O)CSC1=O)c1cnccc1Cl. The van der Waals surface area contributed by atoms with Crippen molar-refractivity contribution in [3.05, 3.63) is 29.0 Å². The smallest absolute Gasteiger partial charge is 0.288 e. The number of nitrogens with zero attached hydrogens (tertiary/aromatic N) is 2. The van der Waals surface area contributed by atoms with Gasteiger partial charge >= 0.3 is 0 Å². The summed E-state index contributed by atoms with van der Waals surface area (Å²) in [4.78, 5) is 39.3. The first-order chi connectivity index (χ1) is 9.09. The molecule has 1 saturated heterocycles. The van der Waals surface area contributed by atoms with E-state index in [0.717, 1.165) is 16.7 Å². The number of hydrogen-bond acceptors (Lipinski definition) is 5. The number of thioether (sulfide) groups is 1. The first-order valence-electron chi connectivity index (χ1n) is 5.44. The van der Waals surface area contributed by atoms with Gasteiger partial charge in [-0.25, -0.2) is 0 Å². The summed E-state index contributed by atoms with van der Waals surface area (Å²) in [6.45, 7) is 0.344. The Labute approximate surface area is 118 Å². The lowest BCUT2D eigenvalue weighted by molar-refractivity contribution is -0.124. The van der Waals surface area contributed by atoms with Crippen LogP contribution in [0.25, 0.3) is 0 Å². The van der Waals surface area contributed by atoms with Crippen molar-refractivity contribution in [2.45, 2.75) is 0 Å². The maximum Gasteiger partial charge on any atom is 0.288 e. The van der Waals surface area contributed by atoms with E-state index in [0.29, 0.717) is 5.02 Å². The summed E-state index contributed by atoms with van der Waals surface area (Å²) in [5.74, 6) is -0.449. The third kappa shape index (κ3) is 3.24. The van der Waals surface area contributed by atoms with Crippen LogP contribution in [0, 0.1) is 0 Å². The van der Waals surface area contributed by atoms with Crippen molar-refractivity contribution in [2.75, 3.05) is 18.8 Å². The highest BCUT2D eigenvalue weighted by Gasteiger charge is 2.29. The monoisotopic (exact) mass is 299 g/mol. The van der Waals surface area contributed by atoms with E-state index in [9.17, 15) is 14.4 Å². The molecule has 8 heteroatoms. The second-order valence-corrected chi connectivity index (χ2v) is 5.05. The number of imide groups is 1. The van der Waals surface area contributed by atoms with Gasteiger partial charge in [-0.2, -0.15) is 0 Å². The molecule has 100 valence electrons. The van der Waals surface area contributed by atoms with Gasteiger partial charge in [-0.3, -0.25) is 24.3 Å². The summed E-state index contributed by atoms with van der Waals surface area (Å²) in [5, 5.41) is 2.61. The molecule has 2 rings (SSSR count). The normalized spacial score (nSPS) is 14.9. The molecule has 0 atom stereocenters. The molecule has 0 spiro atoms. The van der Waals surface area contributed by atoms with E-state index in [-0.39, 0.29) is 41.5 Å². The van der Waals surface area contributed by atoms with Crippen LogP contribution in [0.15, 0.2) is 18.5 Å². The number of carbonyl (C=O) groups excluding carboxylic acids is 3. The second-order valence-electron chi connectivity index (χ2n) is 3.71. The fourth-order valence-electron chi connectivity index (χ4n) is 1.52. The molecular weight excluding hydrogens is 290 g/mol. The van der Waals surface area contributed by atoms with E-state index in [1.54, 1.807) is 0 Å². The zero-order valence-electron chi connectivity index (χ0n) is 9.76. The summed E-state index contributed by atoms with van der Waals surface area (Å²) in [6.07, 6.45) is 2.84. The zero-order chi connectivity index (χ0) is 13.8. The third-order valence-corrected chi connectivity index (χ3v) is 3.66. The number of hydrogen-bond donors (Lipinski definition) is 1. The quantitative estimate of drug-likeness (QED) is 0.902. The van der Waals surface area contributed by atoms with Gasteiger partial charge in [-0.15, -0.1) is 0 Å². The van der Waals surface area contributed by atoms with Crippen LogP contribution in [0.5, 0.6) is 0 Å². The minimum absolute atomic E-state index is 0.161. The first kappa shape index (κ1) is 13.8. The Morgan fingerprint density at radius 3 is 2.95 bits per heavy atom. The van der Waals surface area contributed by atoms with E-state index in [2.05, 4.69) is 10.3 Å². The summed E-state index contributed by atoms with van der Waals surface area (Å²) in [6, 6.07) is 1.51. The lowest BCUT2D eigenvalue weighted by Crippen LogP contribution is -2.37. The number of carbonyl (C=O) groups is 3. The van der Waals surface area contributed by atoms with Crippen LogP contribution in [0.1, 0.15) is 10.4 Å². The summed E-state index contributed by atoms with van der Waals surface area (Å²) < 4.78 is 0. The average molecular weight is 300 g/mol. The van der Waals surface area contributed by atoms with Crippen molar-refractivity contribution < 1.29 is 14.4 Å². The maximum atomic E-state index is 11.8. The van der Waals surface area contributed by atoms with E-state index in [4.69, 9.17) is 11.6 Å². The maximum absolute atomic E-state index is 11.8. The van der Waals surface area contributed by atoms with Gasteiger partial charge in [0.25, 0.3) is 11.1 Å². The number of pyridine rings is 1. The van der Waals surface area contributed by atoms with Crippen molar-refractivity contribution >= 4 is 40.4 Å². The molecule has 0 radical (unpaired) electrons. The topological polar surface area (TPSA) is 79.4 Å². The Bertz CT molecular complexity index is 522. The fraction of sp³-hybridized carbons (Fsp3) is 0.273. The summed E-state index contributed by atoms with van der Waals surface area (Å²) >= 11 is 6.81. The first-order valence-corrected chi connectivity index (χ1v) is 6.81. The molecule has 3 amide bonds. The lowest BCUT2D eigenvalue weighted by Gasteiger charge is -2.13. The van der Waals surface area contributed by atoms with Crippen LogP contribution < -0.4 is 5.32 Å². The van der Waals surface area contributed by atoms with Gasteiger partial charge in [-0.1, -0.05) is 23.4 Å². The highest BCUT2D eigenvalue weighted by Crippen LogP contribution is 2.18.